The van der Waals surface area contributed by atoms with Crippen molar-refractivity contribution < 1.29 is 13.9 Å². The van der Waals surface area contributed by atoms with Gasteiger partial charge in [-0.1, -0.05) is 0 Å². The van der Waals surface area contributed by atoms with Gasteiger partial charge in [0.1, 0.15) is 22.6 Å². The van der Waals surface area contributed by atoms with E-state index in [1.165, 1.54) is 23.6 Å². The van der Waals surface area contributed by atoms with Crippen LogP contribution in [0.5, 0.6) is 5.88 Å². The number of rotatable bonds is 4. The maximum atomic E-state index is 14.0. The van der Waals surface area contributed by atoms with Crippen molar-refractivity contribution in [2.75, 3.05) is 6.54 Å². The molecule has 0 bridgehead atoms. The summed E-state index contributed by atoms with van der Waals surface area (Å²) in [5, 5.41) is 11.6. The van der Waals surface area contributed by atoms with E-state index >= 15 is 0 Å². The Balaban J connectivity index is 1.59. The summed E-state index contributed by atoms with van der Waals surface area (Å²) in [6.45, 7) is 4.07. The Hall–Kier alpha value is -3.38. The summed E-state index contributed by atoms with van der Waals surface area (Å²) in [4.78, 5) is 27.7. The molecule has 1 amide bonds. The second-order valence-electron chi connectivity index (χ2n) is 7.41. The molecular formula is C22H20FN5O2S. The molecule has 3 aromatic heterocycles. The highest BCUT2D eigenvalue weighted by molar-refractivity contribution is 7.13. The molecule has 7 nitrogen and oxygen atoms in total. The molecule has 1 saturated heterocycles. The van der Waals surface area contributed by atoms with Gasteiger partial charge in [-0.15, -0.1) is 11.3 Å². The molecule has 0 radical (unpaired) electrons. The smallest absolute Gasteiger partial charge is 0.256 e. The summed E-state index contributed by atoms with van der Waals surface area (Å²) >= 11 is 1.34. The van der Waals surface area contributed by atoms with Gasteiger partial charge in [0.2, 0.25) is 5.88 Å². The number of carbonyl (C=O) groups is 1. The van der Waals surface area contributed by atoms with Gasteiger partial charge in [-0.05, 0) is 38.8 Å². The lowest BCUT2D eigenvalue weighted by Gasteiger charge is -2.38. The number of nitriles is 1. The molecule has 0 saturated carbocycles. The van der Waals surface area contributed by atoms with Gasteiger partial charge in [0.15, 0.2) is 0 Å². The molecule has 0 aromatic carbocycles. The van der Waals surface area contributed by atoms with Crippen molar-refractivity contribution in [1.82, 2.24) is 19.9 Å². The molecule has 0 N–H and O–H groups in total. The number of hydrogen-bond donors (Lipinski definition) is 0. The van der Waals surface area contributed by atoms with Crippen LogP contribution in [0.15, 0.2) is 36.1 Å². The fourth-order valence-electron chi connectivity index (χ4n) is 3.63. The Morgan fingerprint density at radius 3 is 2.90 bits per heavy atom. The molecule has 2 atom stereocenters. The Bertz CT molecular complexity index is 1150. The minimum absolute atomic E-state index is 0.0424. The lowest BCUT2D eigenvalue weighted by molar-refractivity contribution is 0.0371. The number of piperidine rings is 1. The molecule has 1 fully saturated rings. The van der Waals surface area contributed by atoms with E-state index in [1.54, 1.807) is 29.5 Å². The minimum atomic E-state index is -0.575. The normalized spacial score (nSPS) is 18.5. The van der Waals surface area contributed by atoms with Crippen molar-refractivity contribution in [2.45, 2.75) is 38.8 Å². The number of thiazole rings is 1. The largest absolute Gasteiger partial charge is 0.472 e. The average molecular weight is 438 g/mol. The number of amides is 1. The minimum Gasteiger partial charge on any atom is -0.472 e. The Labute approximate surface area is 183 Å². The molecule has 1 aliphatic heterocycles. The quantitative estimate of drug-likeness (QED) is 0.613. The summed E-state index contributed by atoms with van der Waals surface area (Å²) in [5.41, 5.74) is 1.72. The van der Waals surface area contributed by atoms with Crippen LogP contribution in [0, 0.1) is 24.1 Å². The highest BCUT2D eigenvalue weighted by atomic mass is 32.1. The predicted molar refractivity (Wildman–Crippen MR) is 113 cm³/mol. The number of halogens is 1. The zero-order valence-electron chi connectivity index (χ0n) is 17.1. The van der Waals surface area contributed by atoms with Crippen molar-refractivity contribution in [3.05, 3.63) is 58.6 Å². The van der Waals surface area contributed by atoms with Crippen LogP contribution >= 0.6 is 11.3 Å². The molecule has 4 rings (SSSR count). The van der Waals surface area contributed by atoms with Crippen molar-refractivity contribution >= 4 is 17.2 Å². The third kappa shape index (κ3) is 4.25. The van der Waals surface area contributed by atoms with Crippen LogP contribution in [0.1, 0.15) is 41.3 Å². The SMILES string of the molecule is Cc1c(C#N)ccnc1O[C@@H]1CC[C@@H](C)N(C(=O)c2cc(F)cnc2-c2nccs2)C1. The summed E-state index contributed by atoms with van der Waals surface area (Å²) in [7, 11) is 0. The first-order valence-electron chi connectivity index (χ1n) is 9.86. The summed E-state index contributed by atoms with van der Waals surface area (Å²) in [6.07, 6.45) is 5.43. The monoisotopic (exact) mass is 437 g/mol. The maximum Gasteiger partial charge on any atom is 0.256 e. The van der Waals surface area contributed by atoms with Crippen LogP contribution in [0.4, 0.5) is 4.39 Å². The molecule has 3 aromatic rings. The number of ether oxygens (including phenoxy) is 1. The van der Waals surface area contributed by atoms with Crippen LogP contribution in [0.2, 0.25) is 0 Å². The van der Waals surface area contributed by atoms with Gasteiger partial charge in [-0.25, -0.2) is 19.3 Å². The lowest BCUT2D eigenvalue weighted by Crippen LogP contribution is -2.49. The van der Waals surface area contributed by atoms with Crippen LogP contribution < -0.4 is 4.74 Å². The van der Waals surface area contributed by atoms with Gasteiger partial charge >= 0.3 is 0 Å². The molecule has 0 aliphatic carbocycles. The van der Waals surface area contributed by atoms with E-state index in [2.05, 4.69) is 21.0 Å². The van der Waals surface area contributed by atoms with Gasteiger partial charge in [0, 0.05) is 29.4 Å². The van der Waals surface area contributed by atoms with Crippen LogP contribution in [0.25, 0.3) is 10.7 Å². The highest BCUT2D eigenvalue weighted by Gasteiger charge is 2.33. The van der Waals surface area contributed by atoms with Crippen molar-refractivity contribution in [3.63, 3.8) is 0 Å². The van der Waals surface area contributed by atoms with Crippen molar-refractivity contribution in [2.24, 2.45) is 0 Å². The second-order valence-corrected chi connectivity index (χ2v) is 8.31. The topological polar surface area (TPSA) is 92.0 Å². The van der Waals surface area contributed by atoms with E-state index in [0.29, 0.717) is 34.3 Å². The van der Waals surface area contributed by atoms with E-state index < -0.39 is 5.82 Å². The van der Waals surface area contributed by atoms with Crippen molar-refractivity contribution in [1.29, 1.82) is 5.26 Å². The van der Waals surface area contributed by atoms with Gasteiger partial charge in [-0.3, -0.25) is 4.79 Å². The third-order valence-corrected chi connectivity index (χ3v) is 6.16. The van der Waals surface area contributed by atoms with E-state index in [-0.39, 0.29) is 23.6 Å². The average Bonchev–Trinajstić information content (AvgIpc) is 3.30. The van der Waals surface area contributed by atoms with E-state index in [9.17, 15) is 14.4 Å². The Morgan fingerprint density at radius 2 is 2.16 bits per heavy atom. The number of hydrogen-bond acceptors (Lipinski definition) is 7. The van der Waals surface area contributed by atoms with Gasteiger partial charge < -0.3 is 9.64 Å². The van der Waals surface area contributed by atoms with Crippen LogP contribution in [-0.2, 0) is 0 Å². The highest BCUT2D eigenvalue weighted by Crippen LogP contribution is 2.29. The molecule has 9 heteroatoms. The molecule has 31 heavy (non-hydrogen) atoms. The zero-order valence-corrected chi connectivity index (χ0v) is 17.9. The predicted octanol–water partition coefficient (Wildman–Crippen LogP) is 3.99. The van der Waals surface area contributed by atoms with E-state index in [1.807, 2.05) is 6.92 Å². The first-order valence-corrected chi connectivity index (χ1v) is 10.7. The zero-order chi connectivity index (χ0) is 22.0. The molecular weight excluding hydrogens is 417 g/mol. The van der Waals surface area contributed by atoms with Crippen LogP contribution in [0.3, 0.4) is 0 Å². The molecule has 158 valence electrons. The summed E-state index contributed by atoms with van der Waals surface area (Å²) < 4.78 is 20.0. The second kappa shape index (κ2) is 8.78. The summed E-state index contributed by atoms with van der Waals surface area (Å²) in [6, 6.07) is 4.93. The van der Waals surface area contributed by atoms with Crippen molar-refractivity contribution in [3.8, 4) is 22.7 Å². The van der Waals surface area contributed by atoms with E-state index in [0.717, 1.165) is 19.0 Å². The maximum absolute atomic E-state index is 14.0. The first kappa shape index (κ1) is 20.9. The first-order chi connectivity index (χ1) is 15.0. The number of aromatic nitrogens is 3. The Morgan fingerprint density at radius 1 is 1.32 bits per heavy atom. The Kier molecular flexibility index (Phi) is 5.91. The number of pyridine rings is 2. The molecule has 0 unspecified atom stereocenters. The van der Waals surface area contributed by atoms with E-state index in [4.69, 9.17) is 4.74 Å². The standard InChI is InChI=1S/C22H20FN5O2S/c1-13-3-4-17(30-20-14(2)15(10-24)5-6-25-20)12-28(13)22(29)18-9-16(23)11-27-19(18)21-26-7-8-31-21/h5-9,11,13,17H,3-4,12H2,1-2H3/t13-,17-/m1/s1. The van der Waals surface area contributed by atoms with Gasteiger partial charge in [0.05, 0.1) is 29.9 Å². The summed E-state index contributed by atoms with van der Waals surface area (Å²) in [5.74, 6) is -0.496. The molecule has 1 aliphatic rings. The number of nitrogens with zero attached hydrogens (tertiary/aromatic N) is 5. The fraction of sp³-hybridized carbons (Fsp3) is 0.318. The molecule has 4 heterocycles. The van der Waals surface area contributed by atoms with Gasteiger partial charge in [-0.2, -0.15) is 5.26 Å². The number of carbonyl (C=O) groups excluding carboxylic acids is 1. The number of likely N-dealkylation sites (tertiary alicyclic amines) is 1. The van der Waals surface area contributed by atoms with Gasteiger partial charge in [0.25, 0.3) is 5.91 Å². The third-order valence-electron chi connectivity index (χ3n) is 5.38. The fourth-order valence-corrected chi connectivity index (χ4v) is 4.28. The van der Waals surface area contributed by atoms with Crippen LogP contribution in [-0.4, -0.2) is 44.4 Å². The lowest BCUT2D eigenvalue weighted by atomic mass is 9.99. The molecule has 0 spiro atoms.